The molecule has 0 aromatic carbocycles. The molecule has 0 atom stereocenters. The van der Waals surface area contributed by atoms with Crippen molar-refractivity contribution < 1.29 is 13.6 Å². The van der Waals surface area contributed by atoms with Gasteiger partial charge in [0.1, 0.15) is 11.5 Å². The Balaban J connectivity index is 2.04. The molecule has 0 unspecified atom stereocenters. The van der Waals surface area contributed by atoms with Crippen LogP contribution in [0.2, 0.25) is 0 Å². The number of carbonyl (C=O) groups is 1. The summed E-state index contributed by atoms with van der Waals surface area (Å²) >= 11 is 4.09. The van der Waals surface area contributed by atoms with Crippen LogP contribution in [0.4, 0.5) is 0 Å². The highest BCUT2D eigenvalue weighted by atomic mass is 32.1. The Labute approximate surface area is 111 Å². The first-order valence-electron chi connectivity index (χ1n) is 5.73. The van der Waals surface area contributed by atoms with Crippen molar-refractivity contribution in [3.8, 4) is 0 Å². The second-order valence-electron chi connectivity index (χ2n) is 3.88. The monoisotopic (exact) mass is 265 g/mol. The quantitative estimate of drug-likeness (QED) is 0.817. The van der Waals surface area contributed by atoms with Crippen molar-refractivity contribution in [3.63, 3.8) is 0 Å². The molecule has 2 aromatic heterocycles. The molecule has 0 saturated carbocycles. The molecule has 0 aliphatic carbocycles. The second-order valence-corrected chi connectivity index (χ2v) is 4.33. The maximum absolute atomic E-state index is 12.0. The van der Waals surface area contributed by atoms with Crippen molar-refractivity contribution in [2.24, 2.45) is 0 Å². The van der Waals surface area contributed by atoms with Crippen LogP contribution in [0.5, 0.6) is 0 Å². The minimum Gasteiger partial charge on any atom is -0.467 e. The lowest BCUT2D eigenvalue weighted by Crippen LogP contribution is -2.29. The summed E-state index contributed by atoms with van der Waals surface area (Å²) in [5.74, 6) is 2.09. The van der Waals surface area contributed by atoms with Crippen LogP contribution in [0.15, 0.2) is 45.6 Å². The average Bonchev–Trinajstić information content (AvgIpc) is 3.01. The van der Waals surface area contributed by atoms with Crippen LogP contribution >= 0.6 is 12.6 Å². The fourth-order valence-corrected chi connectivity index (χ4v) is 1.86. The summed E-state index contributed by atoms with van der Waals surface area (Å²) in [7, 11) is 0. The highest BCUT2D eigenvalue weighted by Gasteiger charge is 2.16. The molecule has 0 aliphatic heterocycles. The lowest BCUT2D eigenvalue weighted by atomic mass is 10.3. The van der Waals surface area contributed by atoms with E-state index < -0.39 is 0 Å². The zero-order chi connectivity index (χ0) is 12.8. The van der Waals surface area contributed by atoms with Gasteiger partial charge in [-0.3, -0.25) is 4.79 Å². The lowest BCUT2D eigenvalue weighted by Gasteiger charge is -2.20. The van der Waals surface area contributed by atoms with Gasteiger partial charge in [-0.15, -0.1) is 0 Å². The molecule has 2 aromatic rings. The number of furan rings is 2. The molecule has 0 bridgehead atoms. The van der Waals surface area contributed by atoms with E-state index in [1.165, 1.54) is 0 Å². The first kappa shape index (κ1) is 12.8. The van der Waals surface area contributed by atoms with Crippen molar-refractivity contribution in [1.29, 1.82) is 0 Å². The molecule has 2 heterocycles. The van der Waals surface area contributed by atoms with E-state index >= 15 is 0 Å². The number of nitrogens with zero attached hydrogens (tertiary/aromatic N) is 1. The van der Waals surface area contributed by atoms with Crippen molar-refractivity contribution >= 4 is 18.5 Å². The van der Waals surface area contributed by atoms with Gasteiger partial charge in [-0.1, -0.05) is 0 Å². The van der Waals surface area contributed by atoms with E-state index in [2.05, 4.69) is 12.6 Å². The normalized spacial score (nSPS) is 10.5. The van der Waals surface area contributed by atoms with E-state index in [0.29, 0.717) is 25.3 Å². The molecule has 0 N–H and O–H groups in total. The number of carbonyl (C=O) groups excluding carboxylic acids is 1. The largest absolute Gasteiger partial charge is 0.467 e. The van der Waals surface area contributed by atoms with E-state index in [4.69, 9.17) is 8.83 Å². The Morgan fingerprint density at radius 3 is 2.06 bits per heavy atom. The predicted octanol–water partition coefficient (Wildman–Crippen LogP) is 2.72. The van der Waals surface area contributed by atoms with E-state index in [1.807, 2.05) is 24.3 Å². The summed E-state index contributed by atoms with van der Waals surface area (Å²) in [5, 5.41) is 0. The van der Waals surface area contributed by atoms with Gasteiger partial charge in [0.15, 0.2) is 0 Å². The van der Waals surface area contributed by atoms with Crippen molar-refractivity contribution in [3.05, 3.63) is 48.3 Å². The SMILES string of the molecule is O=C(CCS)N(Cc1ccco1)Cc1ccco1. The molecule has 1 amide bonds. The zero-order valence-electron chi connectivity index (χ0n) is 9.91. The molecule has 0 spiro atoms. The standard InChI is InChI=1S/C13H15NO3S/c15-13(5-8-18)14(9-11-3-1-6-16-11)10-12-4-2-7-17-12/h1-4,6-7,18H,5,8-10H2. The third-order valence-corrected chi connectivity index (χ3v) is 2.76. The molecular weight excluding hydrogens is 250 g/mol. The lowest BCUT2D eigenvalue weighted by molar-refractivity contribution is -0.132. The van der Waals surface area contributed by atoms with Crippen molar-refractivity contribution in [2.45, 2.75) is 19.5 Å². The zero-order valence-corrected chi connectivity index (χ0v) is 10.8. The van der Waals surface area contributed by atoms with Gasteiger partial charge in [0.25, 0.3) is 0 Å². The number of hydrogen-bond donors (Lipinski definition) is 1. The molecule has 2 rings (SSSR count). The highest BCUT2D eigenvalue weighted by Crippen LogP contribution is 2.12. The summed E-state index contributed by atoms with van der Waals surface area (Å²) in [4.78, 5) is 13.7. The van der Waals surface area contributed by atoms with Crippen LogP contribution < -0.4 is 0 Å². The fourth-order valence-electron chi connectivity index (χ4n) is 1.67. The number of thiol groups is 1. The van der Waals surface area contributed by atoms with Gasteiger partial charge in [-0.25, -0.2) is 0 Å². The topological polar surface area (TPSA) is 46.6 Å². The Morgan fingerprint density at radius 1 is 1.11 bits per heavy atom. The summed E-state index contributed by atoms with van der Waals surface area (Å²) in [6, 6.07) is 7.32. The second kappa shape index (κ2) is 6.35. The van der Waals surface area contributed by atoms with Gasteiger partial charge in [0.05, 0.1) is 25.6 Å². The number of amides is 1. The third kappa shape index (κ3) is 3.43. The van der Waals surface area contributed by atoms with Gasteiger partial charge in [-0.05, 0) is 30.0 Å². The molecule has 18 heavy (non-hydrogen) atoms. The minimum absolute atomic E-state index is 0.0396. The number of hydrogen-bond acceptors (Lipinski definition) is 4. The minimum atomic E-state index is 0.0396. The summed E-state index contributed by atoms with van der Waals surface area (Å²) < 4.78 is 10.5. The molecule has 0 aliphatic rings. The Hall–Kier alpha value is -1.62. The third-order valence-electron chi connectivity index (χ3n) is 2.53. The molecular formula is C13H15NO3S. The molecule has 0 fully saturated rings. The molecule has 5 heteroatoms. The first-order chi connectivity index (χ1) is 8.79. The van der Waals surface area contributed by atoms with Gasteiger partial charge in [0, 0.05) is 6.42 Å². The Morgan fingerprint density at radius 2 is 1.67 bits per heavy atom. The van der Waals surface area contributed by atoms with Crippen molar-refractivity contribution in [1.82, 2.24) is 4.90 Å². The maximum atomic E-state index is 12.0. The van der Waals surface area contributed by atoms with E-state index in [-0.39, 0.29) is 5.91 Å². The van der Waals surface area contributed by atoms with Crippen LogP contribution in [0.3, 0.4) is 0 Å². The summed E-state index contributed by atoms with van der Waals surface area (Å²) in [6.07, 6.45) is 3.61. The van der Waals surface area contributed by atoms with Crippen LogP contribution in [-0.4, -0.2) is 16.6 Å². The summed E-state index contributed by atoms with van der Waals surface area (Å²) in [6.45, 7) is 0.890. The first-order valence-corrected chi connectivity index (χ1v) is 6.36. The maximum Gasteiger partial charge on any atom is 0.224 e. The average molecular weight is 265 g/mol. The summed E-state index contributed by atoms with van der Waals surface area (Å²) in [5.41, 5.74) is 0. The fraction of sp³-hybridized carbons (Fsp3) is 0.308. The van der Waals surface area contributed by atoms with E-state index in [9.17, 15) is 4.79 Å². The van der Waals surface area contributed by atoms with Gasteiger partial charge in [-0.2, -0.15) is 12.6 Å². The number of rotatable bonds is 6. The van der Waals surface area contributed by atoms with Gasteiger partial charge < -0.3 is 13.7 Å². The van der Waals surface area contributed by atoms with E-state index in [0.717, 1.165) is 11.5 Å². The van der Waals surface area contributed by atoms with Crippen LogP contribution in [0, 0.1) is 0 Å². The van der Waals surface area contributed by atoms with Crippen LogP contribution in [0.25, 0.3) is 0 Å². The smallest absolute Gasteiger partial charge is 0.224 e. The van der Waals surface area contributed by atoms with Crippen LogP contribution in [-0.2, 0) is 17.9 Å². The Kier molecular flexibility index (Phi) is 4.52. The molecule has 0 radical (unpaired) electrons. The Bertz CT molecular complexity index is 428. The van der Waals surface area contributed by atoms with Gasteiger partial charge in [0.2, 0.25) is 5.91 Å². The molecule has 0 saturated heterocycles. The predicted molar refractivity (Wildman–Crippen MR) is 70.1 cm³/mol. The molecule has 96 valence electrons. The molecule has 4 nitrogen and oxygen atoms in total. The van der Waals surface area contributed by atoms with Gasteiger partial charge >= 0.3 is 0 Å². The van der Waals surface area contributed by atoms with E-state index in [1.54, 1.807) is 17.4 Å². The highest BCUT2D eigenvalue weighted by molar-refractivity contribution is 7.80. The van der Waals surface area contributed by atoms with Crippen molar-refractivity contribution in [2.75, 3.05) is 5.75 Å². The van der Waals surface area contributed by atoms with Crippen LogP contribution in [0.1, 0.15) is 17.9 Å².